The van der Waals surface area contributed by atoms with Crippen LogP contribution in [-0.2, 0) is 4.74 Å². The first-order chi connectivity index (χ1) is 7.16. The van der Waals surface area contributed by atoms with Crippen LogP contribution in [0.3, 0.4) is 0 Å². The summed E-state index contributed by atoms with van der Waals surface area (Å²) in [5, 5.41) is 0.308. The predicted octanol–water partition coefficient (Wildman–Crippen LogP) is 3.64. The van der Waals surface area contributed by atoms with Gasteiger partial charge in [0.2, 0.25) is 5.90 Å². The second kappa shape index (κ2) is 4.27. The molecule has 1 aliphatic heterocycles. The Bertz CT molecular complexity index is 387. The van der Waals surface area contributed by atoms with Gasteiger partial charge in [-0.3, -0.25) is 0 Å². The fourth-order valence-electron chi connectivity index (χ4n) is 1.46. The number of para-hydroxylation sites is 1. The minimum absolute atomic E-state index is 0.192. The fraction of sp³-hybridized carbons (Fsp3) is 0.417. The number of hydrogen-bond acceptors (Lipinski definition) is 3. The number of nitrogens with zero attached hydrogens (tertiary/aromatic N) is 1. The molecule has 1 aliphatic rings. The molecule has 0 amide bonds. The normalized spacial score (nSPS) is 19.7. The van der Waals surface area contributed by atoms with Crippen molar-refractivity contribution in [1.29, 1.82) is 0 Å². The Balaban J connectivity index is 2.30. The van der Waals surface area contributed by atoms with Crippen molar-refractivity contribution in [2.45, 2.75) is 37.0 Å². The van der Waals surface area contributed by atoms with Gasteiger partial charge in [0.25, 0.3) is 0 Å². The maximum atomic E-state index is 5.69. The molecule has 2 rings (SSSR count). The molecule has 0 saturated carbocycles. The van der Waals surface area contributed by atoms with Gasteiger partial charge in [-0.05, 0) is 32.9 Å². The van der Waals surface area contributed by atoms with Crippen LogP contribution in [0.5, 0.6) is 0 Å². The van der Waals surface area contributed by atoms with Crippen LogP contribution < -0.4 is 0 Å². The molecule has 80 valence electrons. The summed E-state index contributed by atoms with van der Waals surface area (Å²) in [6.07, 6.45) is 0.192. The van der Waals surface area contributed by atoms with Crippen molar-refractivity contribution in [3.8, 4) is 0 Å². The van der Waals surface area contributed by atoms with E-state index in [1.54, 1.807) is 11.8 Å². The smallest absolute Gasteiger partial charge is 0.202 e. The molecule has 1 aromatic carbocycles. The minimum atomic E-state index is 0.192. The average molecular weight is 221 g/mol. The SMILES string of the molecule is CC(C)OC1=Nc2ccccc2SC1C. The molecule has 0 saturated heterocycles. The summed E-state index contributed by atoms with van der Waals surface area (Å²) in [4.78, 5) is 5.78. The third-order valence-electron chi connectivity index (χ3n) is 2.10. The first kappa shape index (κ1) is 10.6. The highest BCUT2D eigenvalue weighted by Gasteiger charge is 2.21. The van der Waals surface area contributed by atoms with Crippen LogP contribution in [0.2, 0.25) is 0 Å². The van der Waals surface area contributed by atoms with Crippen LogP contribution in [0.4, 0.5) is 5.69 Å². The third-order valence-corrected chi connectivity index (χ3v) is 3.26. The summed E-state index contributed by atoms with van der Waals surface area (Å²) in [5.74, 6) is 0.841. The summed E-state index contributed by atoms with van der Waals surface area (Å²) in [6.45, 7) is 6.18. The van der Waals surface area contributed by atoms with E-state index >= 15 is 0 Å². The molecule has 1 heterocycles. The van der Waals surface area contributed by atoms with Crippen LogP contribution >= 0.6 is 11.8 Å². The number of aliphatic imine (C=N–C) groups is 1. The number of thioether (sulfide) groups is 1. The summed E-state index contributed by atoms with van der Waals surface area (Å²) in [7, 11) is 0. The number of rotatable bonds is 1. The average Bonchev–Trinajstić information content (AvgIpc) is 2.18. The lowest BCUT2D eigenvalue weighted by Gasteiger charge is -2.22. The van der Waals surface area contributed by atoms with Crippen molar-refractivity contribution in [3.63, 3.8) is 0 Å². The Morgan fingerprint density at radius 3 is 2.80 bits per heavy atom. The van der Waals surface area contributed by atoms with E-state index in [0.29, 0.717) is 5.25 Å². The first-order valence-electron chi connectivity index (χ1n) is 5.17. The van der Waals surface area contributed by atoms with E-state index in [2.05, 4.69) is 18.0 Å². The van der Waals surface area contributed by atoms with E-state index in [4.69, 9.17) is 4.74 Å². The predicted molar refractivity (Wildman–Crippen MR) is 65.1 cm³/mol. The Morgan fingerprint density at radius 2 is 2.07 bits per heavy atom. The van der Waals surface area contributed by atoms with Crippen molar-refractivity contribution in [2.75, 3.05) is 0 Å². The van der Waals surface area contributed by atoms with E-state index in [0.717, 1.165) is 11.6 Å². The van der Waals surface area contributed by atoms with Gasteiger partial charge in [-0.2, -0.15) is 0 Å². The number of fused-ring (bicyclic) bond motifs is 1. The second-order valence-corrected chi connectivity index (χ2v) is 5.23. The maximum Gasteiger partial charge on any atom is 0.202 e. The molecule has 15 heavy (non-hydrogen) atoms. The quantitative estimate of drug-likeness (QED) is 0.722. The van der Waals surface area contributed by atoms with E-state index < -0.39 is 0 Å². The Hall–Kier alpha value is -0.960. The van der Waals surface area contributed by atoms with Crippen molar-refractivity contribution >= 4 is 23.3 Å². The molecule has 0 N–H and O–H groups in total. The van der Waals surface area contributed by atoms with Crippen LogP contribution in [0.15, 0.2) is 34.2 Å². The van der Waals surface area contributed by atoms with E-state index in [9.17, 15) is 0 Å². The molecule has 2 nitrogen and oxygen atoms in total. The van der Waals surface area contributed by atoms with Gasteiger partial charge >= 0.3 is 0 Å². The molecule has 0 spiro atoms. The largest absolute Gasteiger partial charge is 0.477 e. The Kier molecular flexibility index (Phi) is 3.00. The van der Waals surface area contributed by atoms with Gasteiger partial charge in [-0.15, -0.1) is 11.8 Å². The summed E-state index contributed by atoms with van der Waals surface area (Å²) >= 11 is 1.81. The van der Waals surface area contributed by atoms with Crippen molar-refractivity contribution in [2.24, 2.45) is 4.99 Å². The lowest BCUT2D eigenvalue weighted by atomic mass is 10.3. The zero-order valence-electron chi connectivity index (χ0n) is 9.23. The topological polar surface area (TPSA) is 21.6 Å². The van der Waals surface area contributed by atoms with Crippen molar-refractivity contribution < 1.29 is 4.74 Å². The number of benzene rings is 1. The molecular formula is C12H15NOS. The molecule has 3 heteroatoms. The highest BCUT2D eigenvalue weighted by molar-refractivity contribution is 8.00. The fourth-order valence-corrected chi connectivity index (χ4v) is 2.44. The van der Waals surface area contributed by atoms with E-state index in [1.165, 1.54) is 4.90 Å². The molecular weight excluding hydrogens is 206 g/mol. The standard InChI is InChI=1S/C12H15NOS/c1-8(2)14-12-9(3)15-11-7-5-4-6-10(11)13-12/h4-9H,1-3H3. The summed E-state index contributed by atoms with van der Waals surface area (Å²) < 4.78 is 5.69. The molecule has 0 bridgehead atoms. The zero-order chi connectivity index (χ0) is 10.8. The minimum Gasteiger partial charge on any atom is -0.477 e. The number of hydrogen-bond donors (Lipinski definition) is 0. The van der Waals surface area contributed by atoms with Gasteiger partial charge in [0.15, 0.2) is 0 Å². The van der Waals surface area contributed by atoms with Crippen LogP contribution in [-0.4, -0.2) is 17.3 Å². The second-order valence-electron chi connectivity index (χ2n) is 3.84. The van der Waals surface area contributed by atoms with Gasteiger partial charge < -0.3 is 4.74 Å². The van der Waals surface area contributed by atoms with Gasteiger partial charge in [-0.1, -0.05) is 12.1 Å². The number of ether oxygens (including phenoxy) is 1. The lowest BCUT2D eigenvalue weighted by molar-refractivity contribution is 0.223. The summed E-state index contributed by atoms with van der Waals surface area (Å²) in [6, 6.07) is 8.18. The lowest BCUT2D eigenvalue weighted by Crippen LogP contribution is -2.22. The van der Waals surface area contributed by atoms with E-state index in [1.807, 2.05) is 32.0 Å². The van der Waals surface area contributed by atoms with E-state index in [-0.39, 0.29) is 6.10 Å². The highest BCUT2D eigenvalue weighted by atomic mass is 32.2. The molecule has 1 unspecified atom stereocenters. The van der Waals surface area contributed by atoms with Crippen molar-refractivity contribution in [1.82, 2.24) is 0 Å². The molecule has 0 aromatic heterocycles. The first-order valence-corrected chi connectivity index (χ1v) is 6.05. The molecule has 0 radical (unpaired) electrons. The molecule has 1 aromatic rings. The Labute approximate surface area is 94.7 Å². The molecule has 0 aliphatic carbocycles. The van der Waals surface area contributed by atoms with Gasteiger partial charge in [0, 0.05) is 4.90 Å². The Morgan fingerprint density at radius 1 is 1.33 bits per heavy atom. The van der Waals surface area contributed by atoms with Crippen LogP contribution in [0.25, 0.3) is 0 Å². The third kappa shape index (κ3) is 2.34. The maximum absolute atomic E-state index is 5.69. The molecule has 0 fully saturated rings. The van der Waals surface area contributed by atoms with Crippen LogP contribution in [0, 0.1) is 0 Å². The van der Waals surface area contributed by atoms with Gasteiger partial charge in [0.05, 0.1) is 17.0 Å². The van der Waals surface area contributed by atoms with Crippen molar-refractivity contribution in [3.05, 3.63) is 24.3 Å². The summed E-state index contributed by atoms with van der Waals surface area (Å²) in [5.41, 5.74) is 1.02. The van der Waals surface area contributed by atoms with Gasteiger partial charge in [0.1, 0.15) is 0 Å². The zero-order valence-corrected chi connectivity index (χ0v) is 10.0. The monoisotopic (exact) mass is 221 g/mol. The highest BCUT2D eigenvalue weighted by Crippen LogP contribution is 2.37. The van der Waals surface area contributed by atoms with Crippen LogP contribution in [0.1, 0.15) is 20.8 Å². The van der Waals surface area contributed by atoms with Gasteiger partial charge in [-0.25, -0.2) is 4.99 Å². The molecule has 1 atom stereocenters.